The highest BCUT2D eigenvalue weighted by atomic mass is 127. The fourth-order valence-corrected chi connectivity index (χ4v) is 2.12. The Morgan fingerprint density at radius 1 is 1.17 bits per heavy atom. The molecule has 0 radical (unpaired) electrons. The molecule has 24 heavy (non-hydrogen) atoms. The largest absolute Gasteiger partial charge is 0.356 e. The first-order valence-corrected chi connectivity index (χ1v) is 8.18. The lowest BCUT2D eigenvalue weighted by Gasteiger charge is -2.12. The van der Waals surface area contributed by atoms with Crippen molar-refractivity contribution in [3.8, 4) is 0 Å². The van der Waals surface area contributed by atoms with Crippen LogP contribution in [0.3, 0.4) is 0 Å². The van der Waals surface area contributed by atoms with Gasteiger partial charge in [-0.3, -0.25) is 0 Å². The van der Waals surface area contributed by atoms with Gasteiger partial charge in [0.2, 0.25) is 0 Å². The molecule has 2 aromatic heterocycles. The highest BCUT2D eigenvalue weighted by Gasteiger charge is 2.05. The van der Waals surface area contributed by atoms with E-state index >= 15 is 0 Å². The third-order valence-corrected chi connectivity index (χ3v) is 3.71. The van der Waals surface area contributed by atoms with E-state index in [1.807, 2.05) is 30.7 Å². The topological polar surface area (TPSA) is 72.1 Å². The van der Waals surface area contributed by atoms with Gasteiger partial charge in [0.05, 0.1) is 0 Å². The summed E-state index contributed by atoms with van der Waals surface area (Å²) in [5, 5.41) is 15.0. The third-order valence-electron chi connectivity index (χ3n) is 3.71. The molecule has 2 rings (SSSR count). The first kappa shape index (κ1) is 20.5. The van der Waals surface area contributed by atoms with Gasteiger partial charge in [0, 0.05) is 39.1 Å². The molecule has 2 heterocycles. The number of hydrogen-bond acceptors (Lipinski definition) is 3. The zero-order chi connectivity index (χ0) is 16.5. The molecular formula is C16H28IN7. The van der Waals surface area contributed by atoms with E-state index < -0.39 is 0 Å². The quantitative estimate of drug-likeness (QED) is 0.283. The van der Waals surface area contributed by atoms with Crippen molar-refractivity contribution in [2.45, 2.75) is 39.8 Å². The maximum absolute atomic E-state index is 4.62. The van der Waals surface area contributed by atoms with Crippen LogP contribution in [0, 0.1) is 6.92 Å². The van der Waals surface area contributed by atoms with Gasteiger partial charge in [0.15, 0.2) is 11.8 Å². The number of nitrogens with zero attached hydrogens (tertiary/aromatic N) is 5. The minimum absolute atomic E-state index is 0. The first-order chi connectivity index (χ1) is 11.2. The van der Waals surface area contributed by atoms with Crippen LogP contribution in [-0.2, 0) is 20.1 Å². The molecule has 0 saturated carbocycles. The van der Waals surface area contributed by atoms with Crippen molar-refractivity contribution in [2.75, 3.05) is 13.1 Å². The highest BCUT2D eigenvalue weighted by Crippen LogP contribution is 1.99. The number of aliphatic imine (C=N–C) groups is 1. The van der Waals surface area contributed by atoms with Crippen molar-refractivity contribution in [1.82, 2.24) is 30.0 Å². The molecule has 0 aliphatic heterocycles. The van der Waals surface area contributed by atoms with Gasteiger partial charge in [-0.1, -0.05) is 13.3 Å². The average molecular weight is 445 g/mol. The Kier molecular flexibility index (Phi) is 9.43. The second-order valence-electron chi connectivity index (χ2n) is 5.52. The van der Waals surface area contributed by atoms with Crippen LogP contribution in [0.1, 0.15) is 31.4 Å². The third kappa shape index (κ3) is 6.50. The van der Waals surface area contributed by atoms with E-state index in [4.69, 9.17) is 0 Å². The van der Waals surface area contributed by atoms with Gasteiger partial charge in [0.1, 0.15) is 12.4 Å². The van der Waals surface area contributed by atoms with Gasteiger partial charge >= 0.3 is 0 Å². The number of halogens is 1. The van der Waals surface area contributed by atoms with Crippen LogP contribution in [0.4, 0.5) is 0 Å². The number of nitrogens with one attached hydrogen (secondary N) is 2. The van der Waals surface area contributed by atoms with Crippen molar-refractivity contribution in [1.29, 1.82) is 0 Å². The summed E-state index contributed by atoms with van der Waals surface area (Å²) in [6, 6.07) is 4.07. The van der Waals surface area contributed by atoms with Crippen molar-refractivity contribution in [3.63, 3.8) is 0 Å². The molecule has 0 saturated heterocycles. The minimum Gasteiger partial charge on any atom is -0.356 e. The van der Waals surface area contributed by atoms with E-state index in [1.54, 1.807) is 0 Å². The van der Waals surface area contributed by atoms with Gasteiger partial charge in [0.25, 0.3) is 0 Å². The predicted octanol–water partition coefficient (Wildman–Crippen LogP) is 2.08. The number of aromatic nitrogens is 4. The Labute approximate surface area is 161 Å². The number of aryl methyl sites for hydroxylation is 1. The summed E-state index contributed by atoms with van der Waals surface area (Å²) in [5.74, 6) is 2.59. The summed E-state index contributed by atoms with van der Waals surface area (Å²) < 4.78 is 4.11. The van der Waals surface area contributed by atoms with Gasteiger partial charge < -0.3 is 19.8 Å². The molecule has 8 heteroatoms. The van der Waals surface area contributed by atoms with Crippen LogP contribution in [-0.4, -0.2) is 38.4 Å². The summed E-state index contributed by atoms with van der Waals surface area (Å²) in [5.41, 5.74) is 0. The Balaban J connectivity index is 0.00000288. The molecule has 2 aromatic rings. The van der Waals surface area contributed by atoms with E-state index in [1.165, 1.54) is 0 Å². The van der Waals surface area contributed by atoms with E-state index in [-0.39, 0.29) is 24.0 Å². The highest BCUT2D eigenvalue weighted by molar-refractivity contribution is 14.0. The number of rotatable bonds is 8. The summed E-state index contributed by atoms with van der Waals surface area (Å²) in [7, 11) is 1.96. The summed E-state index contributed by atoms with van der Waals surface area (Å²) >= 11 is 0. The Morgan fingerprint density at radius 3 is 2.50 bits per heavy atom. The lowest BCUT2D eigenvalue weighted by molar-refractivity contribution is 0.655. The first-order valence-electron chi connectivity index (χ1n) is 8.18. The van der Waals surface area contributed by atoms with Crippen LogP contribution < -0.4 is 10.6 Å². The number of hydrogen-bond donors (Lipinski definition) is 2. The maximum atomic E-state index is 4.62. The van der Waals surface area contributed by atoms with Gasteiger partial charge in [-0.15, -0.1) is 34.2 Å². The Morgan fingerprint density at radius 2 is 1.88 bits per heavy atom. The van der Waals surface area contributed by atoms with E-state index in [9.17, 15) is 0 Å². The van der Waals surface area contributed by atoms with Gasteiger partial charge in [-0.05, 0) is 25.5 Å². The minimum atomic E-state index is 0. The summed E-state index contributed by atoms with van der Waals surface area (Å²) in [6.45, 7) is 7.29. The molecule has 0 spiro atoms. The summed E-state index contributed by atoms with van der Waals surface area (Å²) in [6.07, 6.45) is 6.41. The molecule has 0 bridgehead atoms. The molecule has 0 atom stereocenters. The molecule has 0 unspecified atom stereocenters. The second kappa shape index (κ2) is 11.1. The van der Waals surface area contributed by atoms with E-state index in [0.29, 0.717) is 6.54 Å². The maximum Gasteiger partial charge on any atom is 0.191 e. The zero-order valence-corrected chi connectivity index (χ0v) is 17.0. The molecular weight excluding hydrogens is 417 g/mol. The van der Waals surface area contributed by atoms with E-state index in [0.717, 1.165) is 50.1 Å². The average Bonchev–Trinajstić information content (AvgIpc) is 3.17. The second-order valence-corrected chi connectivity index (χ2v) is 5.52. The van der Waals surface area contributed by atoms with Crippen LogP contribution in [0.5, 0.6) is 0 Å². The van der Waals surface area contributed by atoms with Crippen LogP contribution >= 0.6 is 24.0 Å². The van der Waals surface area contributed by atoms with Crippen molar-refractivity contribution < 1.29 is 0 Å². The molecule has 0 aliphatic carbocycles. The summed E-state index contributed by atoms with van der Waals surface area (Å²) in [4.78, 5) is 4.62. The fraction of sp³-hybridized carbons (Fsp3) is 0.562. The van der Waals surface area contributed by atoms with Crippen molar-refractivity contribution in [3.05, 3.63) is 36.2 Å². The number of guanidine groups is 1. The Hall–Kier alpha value is -1.58. The lowest BCUT2D eigenvalue weighted by atomic mass is 10.3. The standard InChI is InChI=1S/C16H27N7.HI/c1-4-5-8-17-16(18-9-12-23-10-6-7-11-23)19-13-15-21-20-14(2)22(15)3;/h6-7,10-11H,4-5,8-9,12-13H2,1-3H3,(H2,17,18,19);1H. The predicted molar refractivity (Wildman–Crippen MR) is 108 cm³/mol. The van der Waals surface area contributed by atoms with Gasteiger partial charge in [-0.2, -0.15) is 0 Å². The smallest absolute Gasteiger partial charge is 0.191 e. The van der Waals surface area contributed by atoms with Crippen LogP contribution in [0.15, 0.2) is 29.5 Å². The monoisotopic (exact) mass is 445 g/mol. The molecule has 0 fully saturated rings. The fourth-order valence-electron chi connectivity index (χ4n) is 2.12. The van der Waals surface area contributed by atoms with Crippen molar-refractivity contribution >= 4 is 29.9 Å². The van der Waals surface area contributed by atoms with Crippen LogP contribution in [0.25, 0.3) is 0 Å². The zero-order valence-electron chi connectivity index (χ0n) is 14.7. The number of unbranched alkanes of at least 4 members (excludes halogenated alkanes) is 1. The molecule has 134 valence electrons. The molecule has 0 aromatic carbocycles. The van der Waals surface area contributed by atoms with E-state index in [2.05, 4.69) is 49.7 Å². The molecule has 2 N–H and O–H groups in total. The SMILES string of the molecule is CCCCNC(=NCc1nnc(C)n1C)NCCn1cccc1.I. The normalized spacial score (nSPS) is 11.2. The Bertz CT molecular complexity index is 604. The lowest BCUT2D eigenvalue weighted by Crippen LogP contribution is -2.39. The molecule has 7 nitrogen and oxygen atoms in total. The molecule has 0 amide bonds. The van der Waals surface area contributed by atoms with Crippen LogP contribution in [0.2, 0.25) is 0 Å². The van der Waals surface area contributed by atoms with Crippen molar-refractivity contribution in [2.24, 2.45) is 12.0 Å². The van der Waals surface area contributed by atoms with Gasteiger partial charge in [-0.25, -0.2) is 4.99 Å². The molecule has 0 aliphatic rings.